The smallest absolute Gasteiger partial charge is 0.860 e. The van der Waals surface area contributed by atoms with E-state index in [1.165, 1.54) is 0 Å². The molecule has 0 aromatic heterocycles. The molecule has 0 amide bonds. The molecule has 3 rings (SSSR count). The summed E-state index contributed by atoms with van der Waals surface area (Å²) in [6.07, 6.45) is 0. The minimum absolute atomic E-state index is 0. The van der Waals surface area contributed by atoms with Crippen molar-refractivity contribution in [2.24, 2.45) is 0 Å². The molecule has 0 N–H and O–H groups in total. The monoisotopic (exact) mass is 720 g/mol. The van der Waals surface area contributed by atoms with Crippen molar-refractivity contribution in [2.45, 2.75) is 0 Å². The van der Waals surface area contributed by atoms with Gasteiger partial charge in [-0.2, -0.15) is 13.2 Å². The molecule has 38 heavy (non-hydrogen) atoms. The first-order chi connectivity index (χ1) is 16.8. The average molecular weight is 718 g/mol. The van der Waals surface area contributed by atoms with Crippen LogP contribution in [0.25, 0.3) is 0 Å². The summed E-state index contributed by atoms with van der Waals surface area (Å²) < 4.78 is 86.6. The van der Waals surface area contributed by atoms with Gasteiger partial charge in [-0.05, 0) is 36.4 Å². The van der Waals surface area contributed by atoms with Crippen molar-refractivity contribution in [3.63, 3.8) is 0 Å². The predicted molar refractivity (Wildman–Crippen MR) is 98.2 cm³/mol. The zero-order valence-electron chi connectivity index (χ0n) is 18.1. The van der Waals surface area contributed by atoms with E-state index in [0.717, 1.165) is 54.6 Å². The van der Waals surface area contributed by atoms with Crippen LogP contribution in [0, 0.1) is 34.9 Å². The molecule has 0 saturated carbocycles. The second kappa shape index (κ2) is 19.0. The molecule has 0 heterocycles. The Morgan fingerprint density at radius 3 is 0.816 bits per heavy atom. The van der Waals surface area contributed by atoms with Crippen LogP contribution in [-0.2, 0) is 39.0 Å². The van der Waals surface area contributed by atoms with E-state index in [1.807, 2.05) is 0 Å². The van der Waals surface area contributed by atoms with Gasteiger partial charge in [0.15, 0.2) is 34.9 Å². The van der Waals surface area contributed by atoms with Crippen molar-refractivity contribution in [1.82, 2.24) is 0 Å². The van der Waals surface area contributed by atoms with E-state index in [9.17, 15) is 56.5 Å². The van der Waals surface area contributed by atoms with Crippen molar-refractivity contribution in [3.05, 3.63) is 89.5 Å². The molecule has 0 saturated heterocycles. The second-order valence-corrected chi connectivity index (χ2v) is 5.88. The molecular weight excluding hydrogens is 709 g/mol. The van der Waals surface area contributed by atoms with Crippen LogP contribution in [0.3, 0.4) is 0 Å². The van der Waals surface area contributed by atoms with E-state index in [4.69, 9.17) is 0 Å². The van der Waals surface area contributed by atoms with Crippen molar-refractivity contribution in [1.29, 1.82) is 0 Å². The van der Waals surface area contributed by atoms with E-state index >= 15 is 0 Å². The summed E-state index contributed by atoms with van der Waals surface area (Å²) in [5.41, 5.74) is 0. The number of halogens is 6. The van der Waals surface area contributed by atoms with Crippen molar-refractivity contribution in [2.75, 3.05) is 0 Å². The summed E-state index contributed by atoms with van der Waals surface area (Å²) in [7, 11) is -7.95. The van der Waals surface area contributed by atoms with Crippen molar-refractivity contribution < 1.29 is 109 Å². The fourth-order valence-electron chi connectivity index (χ4n) is 2.04. The quantitative estimate of drug-likeness (QED) is 0.193. The Bertz CT molecular complexity index is 986. The molecule has 0 bridgehead atoms. The molecule has 3 aromatic carbocycles. The Morgan fingerprint density at radius 2 is 0.632 bits per heavy atom. The minimum atomic E-state index is -2.65. The third-order valence-electron chi connectivity index (χ3n) is 3.42. The van der Waals surface area contributed by atoms with Gasteiger partial charge < -0.3 is 44.1 Å². The van der Waals surface area contributed by atoms with E-state index in [2.05, 4.69) is 14.0 Å². The van der Waals surface area contributed by atoms with Crippen LogP contribution in [0.4, 0.5) is 26.3 Å². The Kier molecular flexibility index (Phi) is 19.0. The zero-order valence-corrected chi connectivity index (χ0v) is 21.6. The second-order valence-electron chi connectivity index (χ2n) is 5.88. The third kappa shape index (κ3) is 13.6. The van der Waals surface area contributed by atoms with Gasteiger partial charge in [0.05, 0.1) is 0 Å². The van der Waals surface area contributed by atoms with Gasteiger partial charge in [0.1, 0.15) is 39.2 Å². The molecule has 0 unspecified atom stereocenters. The molecule has 20 heteroatoms. The Balaban J connectivity index is 0. The maximum absolute atomic E-state index is 12.6. The van der Waals surface area contributed by atoms with Crippen molar-refractivity contribution in [3.8, 4) is 17.2 Å². The summed E-state index contributed by atoms with van der Waals surface area (Å²) in [6, 6.07) is 8.97. The molecule has 0 atom stereocenters. The minimum Gasteiger partial charge on any atom is -0.860 e. The third-order valence-corrected chi connectivity index (χ3v) is 3.42. The van der Waals surface area contributed by atoms with Gasteiger partial charge >= 0.3 is 39.0 Å². The standard InChI is InChI=1S/3C6H3BF2O3.2Ru/c3*8-4-2-1-3-5(6(4)9)12-7(10)11;;/h3*1-3H;;/q3*-2;2*+3. The van der Waals surface area contributed by atoms with E-state index in [-0.39, 0.29) is 39.0 Å². The van der Waals surface area contributed by atoms with Crippen LogP contribution in [0.1, 0.15) is 0 Å². The largest absolute Gasteiger partial charge is 3.00 e. The predicted octanol–water partition coefficient (Wildman–Crippen LogP) is -2.86. The molecule has 0 aliphatic heterocycles. The topological polar surface area (TPSA) is 166 Å². The van der Waals surface area contributed by atoms with Crippen LogP contribution < -0.4 is 44.1 Å². The molecule has 0 aliphatic carbocycles. The summed E-state index contributed by atoms with van der Waals surface area (Å²) in [5.74, 6) is -9.44. The Morgan fingerprint density at radius 1 is 0.421 bits per heavy atom. The van der Waals surface area contributed by atoms with Gasteiger partial charge in [-0.15, -0.1) is 0 Å². The summed E-state index contributed by atoms with van der Waals surface area (Å²) in [4.78, 5) is 0. The Hall–Kier alpha value is -2.16. The van der Waals surface area contributed by atoms with Gasteiger partial charge in [0.25, 0.3) is 0 Å². The number of hydrogen-bond donors (Lipinski definition) is 0. The Labute approximate surface area is 237 Å². The molecule has 2 radical (unpaired) electrons. The maximum atomic E-state index is 12.6. The molecule has 202 valence electrons. The first kappa shape index (κ1) is 38.0. The zero-order chi connectivity index (χ0) is 27.4. The van der Waals surface area contributed by atoms with Crippen LogP contribution in [0.2, 0.25) is 0 Å². The van der Waals surface area contributed by atoms with Crippen LogP contribution in [-0.4, -0.2) is 22.0 Å². The van der Waals surface area contributed by atoms with Crippen molar-refractivity contribution >= 4 is 22.0 Å². The number of hydrogen-bond acceptors (Lipinski definition) is 9. The first-order valence-corrected chi connectivity index (χ1v) is 9.10. The van der Waals surface area contributed by atoms with Crippen LogP contribution in [0.15, 0.2) is 54.6 Å². The fourth-order valence-corrected chi connectivity index (χ4v) is 2.04. The van der Waals surface area contributed by atoms with E-state index in [1.54, 1.807) is 0 Å². The SMILES string of the molecule is [O-]B([O-])Oc1cccc(F)c1F.[O-]B([O-])Oc1cccc(F)c1F.[O-]B([O-])Oc1cccc(F)c1F.[Ru+3].[Ru+3]. The van der Waals surface area contributed by atoms with Gasteiger partial charge in [0.2, 0.25) is 0 Å². The fraction of sp³-hybridized carbons (Fsp3) is 0. The van der Waals surface area contributed by atoms with Crippen LogP contribution in [0.5, 0.6) is 17.2 Å². The normalized spacial score (nSPS) is 9.16. The molecule has 0 spiro atoms. The van der Waals surface area contributed by atoms with E-state index < -0.39 is 74.1 Å². The molecular formula is C18H9B3F6O9Ru2. The molecule has 0 fully saturated rings. The maximum Gasteiger partial charge on any atom is 3.00 e. The van der Waals surface area contributed by atoms with E-state index in [0.29, 0.717) is 0 Å². The summed E-state index contributed by atoms with van der Waals surface area (Å²) in [5, 5.41) is 59.4. The van der Waals surface area contributed by atoms with Gasteiger partial charge in [-0.3, -0.25) is 0 Å². The summed E-state index contributed by atoms with van der Waals surface area (Å²) in [6.45, 7) is 0. The van der Waals surface area contributed by atoms with Gasteiger partial charge in [-0.1, -0.05) is 18.2 Å². The summed E-state index contributed by atoms with van der Waals surface area (Å²) >= 11 is 0. The molecule has 3 aromatic rings. The average Bonchev–Trinajstić information content (AvgIpc) is 2.78. The number of rotatable bonds is 6. The molecule has 0 aliphatic rings. The van der Waals surface area contributed by atoms with Gasteiger partial charge in [0, 0.05) is 0 Å². The first-order valence-electron chi connectivity index (χ1n) is 9.10. The van der Waals surface area contributed by atoms with Gasteiger partial charge in [-0.25, -0.2) is 13.2 Å². The molecule has 9 nitrogen and oxygen atoms in total. The number of benzene rings is 3. The van der Waals surface area contributed by atoms with Crippen LogP contribution >= 0.6 is 0 Å².